The molecule has 2 rings (SSSR count). The molecule has 0 aliphatic carbocycles. The summed E-state index contributed by atoms with van der Waals surface area (Å²) in [5, 5.41) is 5.73. The first kappa shape index (κ1) is 18.5. The third-order valence-electron chi connectivity index (χ3n) is 3.51. The van der Waals surface area contributed by atoms with Crippen molar-refractivity contribution < 1.29 is 19.6 Å². The van der Waals surface area contributed by atoms with Gasteiger partial charge < -0.3 is 19.9 Å². The molecular weight excluding hydrogens is 320 g/mol. The van der Waals surface area contributed by atoms with Gasteiger partial charge in [-0.15, -0.1) is 0 Å². The molecule has 0 fully saturated rings. The lowest BCUT2D eigenvalue weighted by Crippen LogP contribution is -2.46. The summed E-state index contributed by atoms with van der Waals surface area (Å²) in [5.41, 5.74) is 13.7. The van der Waals surface area contributed by atoms with Gasteiger partial charge in [0.25, 0.3) is 5.84 Å². The average Bonchev–Trinajstić information content (AvgIpc) is 2.58. The second kappa shape index (κ2) is 8.89. The van der Waals surface area contributed by atoms with Crippen LogP contribution in [0.1, 0.15) is 18.2 Å². The second-order valence-electron chi connectivity index (χ2n) is 5.64. The maximum Gasteiger partial charge on any atom is 0.273 e. The van der Waals surface area contributed by atoms with Gasteiger partial charge in [0.1, 0.15) is 17.6 Å². The summed E-state index contributed by atoms with van der Waals surface area (Å²) in [6.07, 6.45) is 2.27. The molecule has 0 spiro atoms. The molecule has 7 nitrogen and oxygen atoms in total. The van der Waals surface area contributed by atoms with E-state index in [1.807, 2.05) is 25.1 Å². The maximum absolute atomic E-state index is 6.12. The summed E-state index contributed by atoms with van der Waals surface area (Å²) >= 11 is 0. The van der Waals surface area contributed by atoms with Crippen molar-refractivity contribution >= 4 is 11.5 Å². The molecule has 1 heterocycles. The topological polar surface area (TPSA) is 118 Å². The Morgan fingerprint density at radius 2 is 2.12 bits per heavy atom. The third kappa shape index (κ3) is 5.36. The number of ether oxygens (including phenoxy) is 3. The molecule has 0 saturated carbocycles. The van der Waals surface area contributed by atoms with Crippen LogP contribution < -0.4 is 26.4 Å². The fourth-order valence-corrected chi connectivity index (χ4v) is 2.34. The largest absolute Gasteiger partial charge is 0.491 e. The maximum atomic E-state index is 6.12. The molecule has 0 aliphatic rings. The van der Waals surface area contributed by atoms with Crippen LogP contribution in [-0.4, -0.2) is 37.2 Å². The SMILES string of the molecule is COC[C@H](C)Oc1cc(OCCc2ccccn2)c(N)c(C(N)=[NH2+])c1. The van der Waals surface area contributed by atoms with Crippen molar-refractivity contribution in [2.75, 3.05) is 26.1 Å². The molecule has 0 unspecified atom stereocenters. The van der Waals surface area contributed by atoms with Crippen LogP contribution in [0.2, 0.25) is 0 Å². The molecule has 0 bridgehead atoms. The van der Waals surface area contributed by atoms with Crippen LogP contribution >= 0.6 is 0 Å². The first-order valence-corrected chi connectivity index (χ1v) is 8.01. The van der Waals surface area contributed by atoms with E-state index in [4.69, 9.17) is 31.1 Å². The third-order valence-corrected chi connectivity index (χ3v) is 3.51. The van der Waals surface area contributed by atoms with Crippen LogP contribution in [-0.2, 0) is 11.2 Å². The fraction of sp³-hybridized carbons (Fsp3) is 0.333. The van der Waals surface area contributed by atoms with E-state index in [0.717, 1.165) is 5.69 Å². The van der Waals surface area contributed by atoms with Gasteiger partial charge in [-0.05, 0) is 25.1 Å². The van der Waals surface area contributed by atoms with Crippen molar-refractivity contribution in [3.63, 3.8) is 0 Å². The Morgan fingerprint density at radius 1 is 1.32 bits per heavy atom. The molecule has 0 aliphatic heterocycles. The van der Waals surface area contributed by atoms with E-state index in [0.29, 0.717) is 42.4 Å². The monoisotopic (exact) mass is 345 g/mol. The molecule has 1 aromatic carbocycles. The number of amidine groups is 1. The standard InChI is InChI=1S/C18H24N4O3/c1-12(11-23-2)25-14-9-15(18(20)21)17(19)16(10-14)24-8-6-13-5-3-4-7-22-13/h3-5,7,9-10,12H,6,8,11,19H2,1-2H3,(H3,20,21)/p+1/t12-/m0/s1. The summed E-state index contributed by atoms with van der Waals surface area (Å²) in [4.78, 5) is 4.26. The number of aromatic nitrogens is 1. The fourth-order valence-electron chi connectivity index (χ4n) is 2.34. The lowest BCUT2D eigenvalue weighted by atomic mass is 10.1. The average molecular weight is 345 g/mol. The van der Waals surface area contributed by atoms with E-state index >= 15 is 0 Å². The van der Waals surface area contributed by atoms with Crippen LogP contribution in [0, 0.1) is 0 Å². The Balaban J connectivity index is 2.14. The summed E-state index contributed by atoms with van der Waals surface area (Å²) in [5.74, 6) is 1.15. The normalized spacial score (nSPS) is 11.8. The molecule has 134 valence electrons. The lowest BCUT2D eigenvalue weighted by Gasteiger charge is -2.17. The van der Waals surface area contributed by atoms with Gasteiger partial charge in [-0.3, -0.25) is 16.1 Å². The van der Waals surface area contributed by atoms with Crippen molar-refractivity contribution in [2.45, 2.75) is 19.4 Å². The number of nitrogen functional groups attached to an aromatic ring is 1. The Hall–Kier alpha value is -2.80. The van der Waals surface area contributed by atoms with Crippen LogP contribution in [0.5, 0.6) is 11.5 Å². The van der Waals surface area contributed by atoms with Crippen LogP contribution in [0.4, 0.5) is 5.69 Å². The number of benzene rings is 1. The van der Waals surface area contributed by atoms with Crippen LogP contribution in [0.15, 0.2) is 36.5 Å². The predicted molar refractivity (Wildman–Crippen MR) is 96.5 cm³/mol. The van der Waals surface area contributed by atoms with E-state index in [1.54, 1.807) is 25.4 Å². The Kier molecular flexibility index (Phi) is 6.59. The van der Waals surface area contributed by atoms with E-state index in [2.05, 4.69) is 4.98 Å². The highest BCUT2D eigenvalue weighted by Gasteiger charge is 2.16. The molecule has 2 aromatic rings. The van der Waals surface area contributed by atoms with E-state index in [1.165, 1.54) is 0 Å². The zero-order chi connectivity index (χ0) is 18.2. The van der Waals surface area contributed by atoms with E-state index in [-0.39, 0.29) is 11.9 Å². The molecule has 0 radical (unpaired) electrons. The smallest absolute Gasteiger partial charge is 0.273 e. The highest BCUT2D eigenvalue weighted by molar-refractivity contribution is 5.99. The highest BCUT2D eigenvalue weighted by Crippen LogP contribution is 2.31. The van der Waals surface area contributed by atoms with Gasteiger partial charge in [0.05, 0.1) is 24.5 Å². The molecule has 0 amide bonds. The molecule has 7 heteroatoms. The van der Waals surface area contributed by atoms with Crippen LogP contribution in [0.25, 0.3) is 0 Å². The van der Waals surface area contributed by atoms with E-state index in [9.17, 15) is 0 Å². The van der Waals surface area contributed by atoms with Gasteiger partial charge in [0, 0.05) is 31.5 Å². The quantitative estimate of drug-likeness (QED) is 0.338. The number of nitrogens with zero attached hydrogens (tertiary/aromatic N) is 1. The molecule has 1 atom stereocenters. The lowest BCUT2D eigenvalue weighted by molar-refractivity contribution is -0.114. The second-order valence-corrected chi connectivity index (χ2v) is 5.64. The van der Waals surface area contributed by atoms with Gasteiger partial charge in [-0.2, -0.15) is 0 Å². The Bertz CT molecular complexity index is 707. The van der Waals surface area contributed by atoms with Gasteiger partial charge in [0.15, 0.2) is 0 Å². The molecular formula is C18H25N4O3+. The Morgan fingerprint density at radius 3 is 2.76 bits per heavy atom. The van der Waals surface area contributed by atoms with Crippen molar-refractivity contribution in [1.29, 1.82) is 0 Å². The molecule has 1 aromatic heterocycles. The zero-order valence-electron chi connectivity index (χ0n) is 14.6. The summed E-state index contributed by atoms with van der Waals surface area (Å²) in [6, 6.07) is 9.17. The first-order valence-electron chi connectivity index (χ1n) is 8.01. The summed E-state index contributed by atoms with van der Waals surface area (Å²) in [7, 11) is 1.62. The van der Waals surface area contributed by atoms with Crippen molar-refractivity contribution in [3.8, 4) is 11.5 Å². The minimum Gasteiger partial charge on any atom is -0.491 e. The number of pyridine rings is 1. The van der Waals surface area contributed by atoms with Gasteiger partial charge >= 0.3 is 0 Å². The molecule has 0 saturated heterocycles. The van der Waals surface area contributed by atoms with Crippen molar-refractivity contribution in [2.24, 2.45) is 5.73 Å². The number of hydrogen-bond acceptors (Lipinski definition) is 5. The van der Waals surface area contributed by atoms with Crippen molar-refractivity contribution in [1.82, 2.24) is 4.98 Å². The zero-order valence-corrected chi connectivity index (χ0v) is 14.6. The molecule has 6 N–H and O–H groups in total. The number of methoxy groups -OCH3 is 1. The first-order chi connectivity index (χ1) is 12.0. The van der Waals surface area contributed by atoms with Gasteiger partial charge in [-0.1, -0.05) is 6.07 Å². The van der Waals surface area contributed by atoms with Gasteiger partial charge in [-0.25, -0.2) is 0 Å². The van der Waals surface area contributed by atoms with Crippen LogP contribution in [0.3, 0.4) is 0 Å². The number of nitrogens with two attached hydrogens (primary N) is 3. The predicted octanol–water partition coefficient (Wildman–Crippen LogP) is 0.163. The minimum atomic E-state index is -0.137. The highest BCUT2D eigenvalue weighted by atomic mass is 16.5. The summed E-state index contributed by atoms with van der Waals surface area (Å²) in [6.45, 7) is 2.77. The molecule has 25 heavy (non-hydrogen) atoms. The Labute approximate surface area is 147 Å². The minimum absolute atomic E-state index is 0.108. The van der Waals surface area contributed by atoms with Gasteiger partial charge in [0.2, 0.25) is 0 Å². The summed E-state index contributed by atoms with van der Waals surface area (Å²) < 4.78 is 16.7. The number of hydrogen-bond donors (Lipinski definition) is 3. The number of anilines is 1. The number of rotatable bonds is 9. The van der Waals surface area contributed by atoms with E-state index < -0.39 is 0 Å². The van der Waals surface area contributed by atoms with Crippen molar-refractivity contribution in [3.05, 3.63) is 47.8 Å².